The lowest BCUT2D eigenvalue weighted by atomic mass is 10.1. The smallest absolute Gasteiger partial charge is 0.0587 e. The van der Waals surface area contributed by atoms with Crippen molar-refractivity contribution in [2.75, 3.05) is 26.8 Å². The third-order valence-electron chi connectivity index (χ3n) is 2.96. The molecule has 0 aromatic carbocycles. The zero-order valence-electron chi connectivity index (χ0n) is 11.1. The van der Waals surface area contributed by atoms with Gasteiger partial charge in [-0.25, -0.2) is 0 Å². The van der Waals surface area contributed by atoms with Crippen molar-refractivity contribution >= 4 is 11.3 Å². The fourth-order valence-electron chi connectivity index (χ4n) is 1.85. The van der Waals surface area contributed by atoms with E-state index in [0.29, 0.717) is 0 Å². The Bertz CT molecular complexity index is 286. The number of aryl methyl sites for hydroxylation is 2. The summed E-state index contributed by atoms with van der Waals surface area (Å²) in [5, 5.41) is 5.58. The summed E-state index contributed by atoms with van der Waals surface area (Å²) in [5.41, 5.74) is 1.47. The average Bonchev–Trinajstić information content (AvgIpc) is 2.73. The highest BCUT2D eigenvalue weighted by molar-refractivity contribution is 7.10. The molecule has 1 aromatic rings. The van der Waals surface area contributed by atoms with Crippen molar-refractivity contribution in [3.63, 3.8) is 0 Å². The highest BCUT2D eigenvalue weighted by atomic mass is 32.1. The van der Waals surface area contributed by atoms with Crippen LogP contribution in [0.3, 0.4) is 0 Å². The molecule has 17 heavy (non-hydrogen) atoms. The van der Waals surface area contributed by atoms with Crippen LogP contribution in [-0.4, -0.2) is 26.8 Å². The minimum Gasteiger partial charge on any atom is -0.383 e. The van der Waals surface area contributed by atoms with E-state index in [4.69, 9.17) is 4.74 Å². The summed E-state index contributed by atoms with van der Waals surface area (Å²) < 4.78 is 4.98. The van der Waals surface area contributed by atoms with E-state index in [-0.39, 0.29) is 0 Å². The molecule has 0 radical (unpaired) electrons. The van der Waals surface area contributed by atoms with Crippen LogP contribution in [0.15, 0.2) is 11.4 Å². The molecule has 0 spiro atoms. The standard InChI is InChI=1S/C14H25NOS/c1-13-8-12-17-14(13)7-5-3-4-6-9-15-10-11-16-2/h8,12,15H,3-7,9-11H2,1-2H3. The summed E-state index contributed by atoms with van der Waals surface area (Å²) in [4.78, 5) is 1.57. The number of thiophene rings is 1. The molecule has 3 heteroatoms. The van der Waals surface area contributed by atoms with Gasteiger partial charge in [-0.1, -0.05) is 12.8 Å². The topological polar surface area (TPSA) is 21.3 Å². The van der Waals surface area contributed by atoms with E-state index < -0.39 is 0 Å². The highest BCUT2D eigenvalue weighted by Crippen LogP contribution is 2.18. The summed E-state index contributed by atoms with van der Waals surface area (Å²) in [6, 6.07) is 2.22. The first kappa shape index (κ1) is 14.7. The number of ether oxygens (including phenoxy) is 1. The van der Waals surface area contributed by atoms with E-state index in [1.165, 1.54) is 37.7 Å². The number of nitrogens with one attached hydrogen (secondary N) is 1. The molecule has 0 amide bonds. The van der Waals surface area contributed by atoms with E-state index in [9.17, 15) is 0 Å². The van der Waals surface area contributed by atoms with Crippen LogP contribution in [0, 0.1) is 6.92 Å². The number of hydrogen-bond donors (Lipinski definition) is 1. The van der Waals surface area contributed by atoms with Crippen molar-refractivity contribution in [3.8, 4) is 0 Å². The van der Waals surface area contributed by atoms with E-state index in [2.05, 4.69) is 23.7 Å². The first-order valence-electron chi connectivity index (χ1n) is 6.57. The molecule has 0 bridgehead atoms. The second-order valence-corrected chi connectivity index (χ2v) is 5.43. The van der Waals surface area contributed by atoms with E-state index in [1.807, 2.05) is 11.3 Å². The molecule has 0 saturated carbocycles. The molecule has 1 rings (SSSR count). The van der Waals surface area contributed by atoms with Crippen LogP contribution in [0.4, 0.5) is 0 Å². The van der Waals surface area contributed by atoms with Gasteiger partial charge in [-0.05, 0) is 49.7 Å². The Hall–Kier alpha value is -0.380. The maximum Gasteiger partial charge on any atom is 0.0587 e. The summed E-state index contributed by atoms with van der Waals surface area (Å²) >= 11 is 1.90. The third kappa shape index (κ3) is 6.81. The second kappa shape index (κ2) is 9.63. The fraction of sp³-hybridized carbons (Fsp3) is 0.714. The molecule has 0 fully saturated rings. The highest BCUT2D eigenvalue weighted by Gasteiger charge is 1.99. The zero-order valence-corrected chi connectivity index (χ0v) is 11.9. The summed E-state index contributed by atoms with van der Waals surface area (Å²) in [7, 11) is 1.74. The van der Waals surface area contributed by atoms with Gasteiger partial charge in [-0.15, -0.1) is 11.3 Å². The molecule has 0 atom stereocenters. The first-order chi connectivity index (χ1) is 8.34. The van der Waals surface area contributed by atoms with Gasteiger partial charge in [0.25, 0.3) is 0 Å². The van der Waals surface area contributed by atoms with Crippen molar-refractivity contribution in [2.45, 2.75) is 39.0 Å². The van der Waals surface area contributed by atoms with Crippen LogP contribution < -0.4 is 5.32 Å². The predicted molar refractivity (Wildman–Crippen MR) is 76.0 cm³/mol. The van der Waals surface area contributed by atoms with Crippen molar-refractivity contribution in [3.05, 3.63) is 21.9 Å². The Labute approximate surface area is 109 Å². The monoisotopic (exact) mass is 255 g/mol. The molecular formula is C14H25NOS. The van der Waals surface area contributed by atoms with Crippen molar-refractivity contribution in [1.29, 1.82) is 0 Å². The normalized spacial score (nSPS) is 10.9. The van der Waals surface area contributed by atoms with Crippen LogP contribution in [0.1, 0.15) is 36.1 Å². The van der Waals surface area contributed by atoms with Gasteiger partial charge in [0.15, 0.2) is 0 Å². The maximum absolute atomic E-state index is 4.98. The molecule has 0 aliphatic heterocycles. The minimum atomic E-state index is 0.817. The molecule has 0 aliphatic carbocycles. The SMILES string of the molecule is COCCNCCCCCCc1sccc1C. The van der Waals surface area contributed by atoms with E-state index in [1.54, 1.807) is 12.0 Å². The number of unbranched alkanes of at least 4 members (excludes halogenated alkanes) is 3. The predicted octanol–water partition coefficient (Wildman–Crippen LogP) is 3.40. The molecule has 0 saturated heterocycles. The van der Waals surface area contributed by atoms with Crippen molar-refractivity contribution < 1.29 is 4.74 Å². The van der Waals surface area contributed by atoms with E-state index >= 15 is 0 Å². The minimum absolute atomic E-state index is 0.817. The Morgan fingerprint density at radius 1 is 1.18 bits per heavy atom. The Balaban J connectivity index is 1.86. The van der Waals surface area contributed by atoms with Gasteiger partial charge in [0.05, 0.1) is 6.61 Å². The van der Waals surface area contributed by atoms with Crippen LogP contribution in [0.5, 0.6) is 0 Å². The second-order valence-electron chi connectivity index (χ2n) is 4.43. The van der Waals surface area contributed by atoms with Gasteiger partial charge in [-0.2, -0.15) is 0 Å². The zero-order chi connectivity index (χ0) is 12.3. The van der Waals surface area contributed by atoms with Gasteiger partial charge in [0.1, 0.15) is 0 Å². The molecule has 0 aliphatic rings. The summed E-state index contributed by atoms with van der Waals surface area (Å²) in [6.45, 7) is 5.13. The number of methoxy groups -OCH3 is 1. The lowest BCUT2D eigenvalue weighted by Gasteiger charge is -2.04. The number of rotatable bonds is 10. The molecule has 1 N–H and O–H groups in total. The van der Waals surface area contributed by atoms with Gasteiger partial charge in [0, 0.05) is 18.5 Å². The molecule has 1 heterocycles. The first-order valence-corrected chi connectivity index (χ1v) is 7.45. The maximum atomic E-state index is 4.98. The van der Waals surface area contributed by atoms with Crippen LogP contribution in [0.2, 0.25) is 0 Å². The number of hydrogen-bond acceptors (Lipinski definition) is 3. The van der Waals surface area contributed by atoms with E-state index in [0.717, 1.165) is 19.7 Å². The Morgan fingerprint density at radius 3 is 2.71 bits per heavy atom. The molecule has 2 nitrogen and oxygen atoms in total. The summed E-state index contributed by atoms with van der Waals surface area (Å²) in [6.07, 6.45) is 6.57. The Kier molecular flexibility index (Phi) is 8.32. The van der Waals surface area contributed by atoms with Gasteiger partial charge in [0.2, 0.25) is 0 Å². The van der Waals surface area contributed by atoms with Gasteiger partial charge >= 0.3 is 0 Å². The lowest BCUT2D eigenvalue weighted by molar-refractivity contribution is 0.199. The van der Waals surface area contributed by atoms with Crippen molar-refractivity contribution in [1.82, 2.24) is 5.32 Å². The van der Waals surface area contributed by atoms with Gasteiger partial charge < -0.3 is 10.1 Å². The quantitative estimate of drug-likeness (QED) is 0.647. The largest absolute Gasteiger partial charge is 0.383 e. The fourth-order valence-corrected chi connectivity index (χ4v) is 2.80. The van der Waals surface area contributed by atoms with Gasteiger partial charge in [-0.3, -0.25) is 0 Å². The molecule has 1 aromatic heterocycles. The van der Waals surface area contributed by atoms with Crippen molar-refractivity contribution in [2.24, 2.45) is 0 Å². The molecular weight excluding hydrogens is 230 g/mol. The van der Waals surface area contributed by atoms with Crippen LogP contribution >= 0.6 is 11.3 Å². The third-order valence-corrected chi connectivity index (χ3v) is 4.04. The lowest BCUT2D eigenvalue weighted by Crippen LogP contribution is -2.20. The Morgan fingerprint density at radius 2 is 2.00 bits per heavy atom. The summed E-state index contributed by atoms with van der Waals surface area (Å²) in [5.74, 6) is 0. The molecule has 98 valence electrons. The van der Waals surface area contributed by atoms with Crippen LogP contribution in [0.25, 0.3) is 0 Å². The molecule has 0 unspecified atom stereocenters. The van der Waals surface area contributed by atoms with Crippen LogP contribution in [-0.2, 0) is 11.2 Å². The average molecular weight is 255 g/mol.